The number of benzene rings is 1. The number of nitrogens with one attached hydrogen (secondary N) is 1. The lowest BCUT2D eigenvalue weighted by Crippen LogP contribution is -2.58. The molecular weight excluding hydrogens is 246 g/mol. The Morgan fingerprint density at radius 1 is 1.42 bits per heavy atom. The van der Waals surface area contributed by atoms with Crippen LogP contribution in [0, 0.1) is 6.92 Å². The molecule has 0 spiro atoms. The van der Waals surface area contributed by atoms with E-state index in [1.807, 2.05) is 0 Å². The standard InChI is InChI=1S/C13H15N3O3/c1-7-4-3-5-9(11(7)14)13(19)16-6-10(17)15-12(18)8(16)2/h3-5,8H,6,14H2,1-2H3,(H,15,17,18). The van der Waals surface area contributed by atoms with Crippen molar-refractivity contribution in [1.82, 2.24) is 10.2 Å². The minimum Gasteiger partial charge on any atom is -0.398 e. The molecule has 1 unspecified atom stereocenters. The number of nitrogens with zero attached hydrogens (tertiary/aromatic N) is 1. The number of imide groups is 1. The Morgan fingerprint density at radius 2 is 2.11 bits per heavy atom. The number of carbonyl (C=O) groups excluding carboxylic acids is 3. The first-order valence-electron chi connectivity index (χ1n) is 5.91. The minimum absolute atomic E-state index is 0.140. The predicted molar refractivity (Wildman–Crippen MR) is 69.2 cm³/mol. The van der Waals surface area contributed by atoms with Crippen LogP contribution in [0.4, 0.5) is 5.69 Å². The molecular formula is C13H15N3O3. The highest BCUT2D eigenvalue weighted by atomic mass is 16.2. The van der Waals surface area contributed by atoms with Gasteiger partial charge in [0.1, 0.15) is 12.6 Å². The Labute approximate surface area is 110 Å². The summed E-state index contributed by atoms with van der Waals surface area (Å²) in [5.41, 5.74) is 7.34. The number of rotatable bonds is 1. The number of piperazine rings is 1. The van der Waals surface area contributed by atoms with E-state index in [-0.39, 0.29) is 6.54 Å². The van der Waals surface area contributed by atoms with Gasteiger partial charge in [0.05, 0.1) is 5.56 Å². The summed E-state index contributed by atoms with van der Waals surface area (Å²) in [5, 5.41) is 2.19. The predicted octanol–water partition coefficient (Wildman–Crippen LogP) is 0.0643. The zero-order valence-corrected chi connectivity index (χ0v) is 10.8. The van der Waals surface area contributed by atoms with E-state index >= 15 is 0 Å². The lowest BCUT2D eigenvalue weighted by atomic mass is 10.1. The number of hydrogen-bond acceptors (Lipinski definition) is 4. The molecule has 0 radical (unpaired) electrons. The number of anilines is 1. The third kappa shape index (κ3) is 2.29. The van der Waals surface area contributed by atoms with Crippen LogP contribution in [0.2, 0.25) is 0 Å². The molecule has 6 nitrogen and oxygen atoms in total. The van der Waals surface area contributed by atoms with Gasteiger partial charge in [-0.25, -0.2) is 0 Å². The van der Waals surface area contributed by atoms with Crippen molar-refractivity contribution >= 4 is 23.4 Å². The van der Waals surface area contributed by atoms with Crippen LogP contribution in [0.15, 0.2) is 18.2 Å². The van der Waals surface area contributed by atoms with Crippen LogP contribution >= 0.6 is 0 Å². The summed E-state index contributed by atoms with van der Waals surface area (Å²) in [6, 6.07) is 4.41. The maximum atomic E-state index is 12.4. The number of hydrogen-bond donors (Lipinski definition) is 2. The van der Waals surface area contributed by atoms with Crippen LogP contribution in [-0.2, 0) is 9.59 Å². The van der Waals surface area contributed by atoms with Gasteiger partial charge in [0.25, 0.3) is 5.91 Å². The van der Waals surface area contributed by atoms with Crippen molar-refractivity contribution in [1.29, 1.82) is 0 Å². The highest BCUT2D eigenvalue weighted by Crippen LogP contribution is 2.20. The van der Waals surface area contributed by atoms with Gasteiger partial charge in [-0.2, -0.15) is 0 Å². The molecule has 3 N–H and O–H groups in total. The summed E-state index contributed by atoms with van der Waals surface area (Å²) < 4.78 is 0. The molecule has 0 aromatic heterocycles. The Hall–Kier alpha value is -2.37. The Morgan fingerprint density at radius 3 is 2.79 bits per heavy atom. The molecule has 1 saturated heterocycles. The van der Waals surface area contributed by atoms with Gasteiger partial charge in [-0.05, 0) is 25.5 Å². The lowest BCUT2D eigenvalue weighted by Gasteiger charge is -2.32. The van der Waals surface area contributed by atoms with Gasteiger partial charge in [0, 0.05) is 5.69 Å². The molecule has 2 rings (SSSR count). The molecule has 0 aliphatic carbocycles. The third-order valence-electron chi connectivity index (χ3n) is 3.24. The highest BCUT2D eigenvalue weighted by Gasteiger charge is 2.34. The molecule has 1 aromatic carbocycles. The fourth-order valence-electron chi connectivity index (χ4n) is 1.98. The Kier molecular flexibility index (Phi) is 3.25. The first-order valence-corrected chi connectivity index (χ1v) is 5.91. The second-order valence-corrected chi connectivity index (χ2v) is 4.56. The van der Waals surface area contributed by atoms with Crippen molar-refractivity contribution in [3.05, 3.63) is 29.3 Å². The van der Waals surface area contributed by atoms with Crippen LogP contribution in [0.25, 0.3) is 0 Å². The SMILES string of the molecule is Cc1cccc(C(=O)N2CC(=O)NC(=O)C2C)c1N. The van der Waals surface area contributed by atoms with E-state index in [1.54, 1.807) is 32.0 Å². The molecule has 1 aliphatic heterocycles. The second kappa shape index (κ2) is 4.72. The summed E-state index contributed by atoms with van der Waals surface area (Å²) in [6.07, 6.45) is 0. The summed E-state index contributed by atoms with van der Waals surface area (Å²) in [7, 11) is 0. The van der Waals surface area contributed by atoms with Crippen LogP contribution in [0.3, 0.4) is 0 Å². The van der Waals surface area contributed by atoms with E-state index < -0.39 is 23.8 Å². The monoisotopic (exact) mass is 261 g/mol. The van der Waals surface area contributed by atoms with Gasteiger partial charge >= 0.3 is 0 Å². The largest absolute Gasteiger partial charge is 0.398 e. The molecule has 0 bridgehead atoms. The molecule has 19 heavy (non-hydrogen) atoms. The van der Waals surface area contributed by atoms with Crippen LogP contribution in [0.1, 0.15) is 22.8 Å². The smallest absolute Gasteiger partial charge is 0.257 e. The van der Waals surface area contributed by atoms with E-state index in [0.717, 1.165) is 5.56 Å². The molecule has 0 saturated carbocycles. The van der Waals surface area contributed by atoms with Crippen molar-refractivity contribution in [2.24, 2.45) is 0 Å². The fraction of sp³-hybridized carbons (Fsp3) is 0.308. The van der Waals surface area contributed by atoms with Crippen molar-refractivity contribution in [2.75, 3.05) is 12.3 Å². The quantitative estimate of drug-likeness (QED) is 0.552. The number of aryl methyl sites for hydroxylation is 1. The highest BCUT2D eigenvalue weighted by molar-refractivity contribution is 6.08. The van der Waals surface area contributed by atoms with Gasteiger partial charge < -0.3 is 10.6 Å². The number of nitrogens with two attached hydrogens (primary N) is 1. The lowest BCUT2D eigenvalue weighted by molar-refractivity contribution is -0.138. The molecule has 1 fully saturated rings. The Bertz CT molecular complexity index is 568. The topological polar surface area (TPSA) is 92.5 Å². The van der Waals surface area contributed by atoms with E-state index in [2.05, 4.69) is 5.32 Å². The molecule has 1 aliphatic rings. The normalized spacial score (nSPS) is 19.3. The van der Waals surface area contributed by atoms with E-state index in [4.69, 9.17) is 5.73 Å². The van der Waals surface area contributed by atoms with E-state index in [9.17, 15) is 14.4 Å². The molecule has 1 atom stereocenters. The van der Waals surface area contributed by atoms with Crippen molar-refractivity contribution in [3.8, 4) is 0 Å². The molecule has 100 valence electrons. The molecule has 1 heterocycles. The average molecular weight is 261 g/mol. The van der Waals surface area contributed by atoms with Gasteiger partial charge in [-0.3, -0.25) is 19.7 Å². The van der Waals surface area contributed by atoms with Crippen LogP contribution < -0.4 is 11.1 Å². The average Bonchev–Trinajstić information content (AvgIpc) is 2.36. The maximum absolute atomic E-state index is 12.4. The van der Waals surface area contributed by atoms with Gasteiger partial charge in [0.2, 0.25) is 11.8 Å². The maximum Gasteiger partial charge on any atom is 0.257 e. The zero-order valence-electron chi connectivity index (χ0n) is 10.8. The van der Waals surface area contributed by atoms with Gasteiger partial charge in [-0.1, -0.05) is 12.1 Å². The van der Waals surface area contributed by atoms with E-state index in [1.165, 1.54) is 4.90 Å². The zero-order chi connectivity index (χ0) is 14.2. The van der Waals surface area contributed by atoms with Crippen molar-refractivity contribution in [2.45, 2.75) is 19.9 Å². The number of para-hydroxylation sites is 1. The summed E-state index contributed by atoms with van der Waals surface area (Å²) in [4.78, 5) is 36.5. The number of carbonyl (C=O) groups is 3. The fourth-order valence-corrected chi connectivity index (χ4v) is 1.98. The summed E-state index contributed by atoms with van der Waals surface area (Å²) in [6.45, 7) is 3.23. The van der Waals surface area contributed by atoms with Crippen LogP contribution in [0.5, 0.6) is 0 Å². The molecule has 1 aromatic rings. The summed E-state index contributed by atoms with van der Waals surface area (Å²) >= 11 is 0. The number of nitrogen functional groups attached to an aromatic ring is 1. The summed E-state index contributed by atoms with van der Waals surface area (Å²) in [5.74, 6) is -1.37. The third-order valence-corrected chi connectivity index (χ3v) is 3.24. The molecule has 3 amide bonds. The minimum atomic E-state index is -0.690. The Balaban J connectivity index is 2.35. The van der Waals surface area contributed by atoms with E-state index in [0.29, 0.717) is 11.3 Å². The van der Waals surface area contributed by atoms with Gasteiger partial charge in [-0.15, -0.1) is 0 Å². The first kappa shape index (κ1) is 13.1. The second-order valence-electron chi connectivity index (χ2n) is 4.56. The van der Waals surface area contributed by atoms with Gasteiger partial charge in [0.15, 0.2) is 0 Å². The van der Waals surface area contributed by atoms with Crippen molar-refractivity contribution in [3.63, 3.8) is 0 Å². The first-order chi connectivity index (χ1) is 8.91. The van der Waals surface area contributed by atoms with Crippen LogP contribution in [-0.4, -0.2) is 35.2 Å². The molecule has 6 heteroatoms. The van der Waals surface area contributed by atoms with Crippen molar-refractivity contribution < 1.29 is 14.4 Å². The number of amides is 3.